The Balaban J connectivity index is 1.69. The van der Waals surface area contributed by atoms with Crippen LogP contribution in [0.15, 0.2) is 36.7 Å². The molecule has 1 N–H and O–H groups in total. The van der Waals surface area contributed by atoms with Gasteiger partial charge in [-0.3, -0.25) is 19.2 Å². The van der Waals surface area contributed by atoms with Crippen LogP contribution in [0.1, 0.15) is 23.7 Å². The number of nitrogens with zero attached hydrogens (tertiary/aromatic N) is 3. The molecular weight excluding hydrogens is 313 g/mol. The topological polar surface area (TPSA) is 75.4 Å². The first-order chi connectivity index (χ1) is 11.5. The van der Waals surface area contributed by atoms with E-state index in [1.165, 1.54) is 18.2 Å². The second-order valence-corrected chi connectivity index (χ2v) is 6.01. The van der Waals surface area contributed by atoms with Crippen molar-refractivity contribution < 1.29 is 19.1 Å². The highest BCUT2D eigenvalue weighted by molar-refractivity contribution is 6.03. The third-order valence-corrected chi connectivity index (χ3v) is 4.20. The van der Waals surface area contributed by atoms with Crippen LogP contribution in [0.25, 0.3) is 0 Å². The van der Waals surface area contributed by atoms with Crippen LogP contribution >= 0.6 is 0 Å². The molecule has 126 valence electrons. The van der Waals surface area contributed by atoms with Gasteiger partial charge in [-0.15, -0.1) is 0 Å². The van der Waals surface area contributed by atoms with Gasteiger partial charge in [-0.05, 0) is 18.1 Å². The maximum Gasteiger partial charge on any atom is 0.233 e. The molecule has 1 saturated heterocycles. The van der Waals surface area contributed by atoms with E-state index in [1.807, 2.05) is 0 Å². The molecule has 2 heterocycles. The number of aryl methyl sites for hydroxylation is 1. The second-order valence-electron chi connectivity index (χ2n) is 6.01. The molecule has 2 unspecified atom stereocenters. The monoisotopic (exact) mass is 331 g/mol. The average molecular weight is 331 g/mol. The van der Waals surface area contributed by atoms with Gasteiger partial charge in [-0.25, -0.2) is 4.39 Å². The Kier molecular flexibility index (Phi) is 4.44. The summed E-state index contributed by atoms with van der Waals surface area (Å²) in [7, 11) is 1.78. The van der Waals surface area contributed by atoms with E-state index in [1.54, 1.807) is 30.2 Å². The van der Waals surface area contributed by atoms with Gasteiger partial charge in [0.05, 0.1) is 24.8 Å². The van der Waals surface area contributed by atoms with Gasteiger partial charge in [-0.2, -0.15) is 5.10 Å². The molecule has 2 atom stereocenters. The molecule has 1 aromatic carbocycles. The number of carbonyl (C=O) groups excluding carboxylic acids is 2. The fourth-order valence-electron chi connectivity index (χ4n) is 2.98. The fraction of sp³-hybridized carbons (Fsp3) is 0.353. The maximum atomic E-state index is 13.7. The summed E-state index contributed by atoms with van der Waals surface area (Å²) in [5, 5.41) is 14.2. The highest BCUT2D eigenvalue weighted by Gasteiger charge is 2.39. The molecule has 2 aromatic rings. The van der Waals surface area contributed by atoms with Crippen LogP contribution in [0, 0.1) is 11.7 Å². The molecule has 0 bridgehead atoms. The minimum Gasteiger partial charge on any atom is -0.386 e. The number of imide groups is 1. The van der Waals surface area contributed by atoms with Crippen molar-refractivity contribution >= 4 is 11.8 Å². The summed E-state index contributed by atoms with van der Waals surface area (Å²) in [6, 6.07) is 5.79. The summed E-state index contributed by atoms with van der Waals surface area (Å²) < 4.78 is 15.4. The first kappa shape index (κ1) is 16.3. The van der Waals surface area contributed by atoms with Gasteiger partial charge in [0.25, 0.3) is 0 Å². The smallest absolute Gasteiger partial charge is 0.233 e. The second kappa shape index (κ2) is 6.52. The lowest BCUT2D eigenvalue weighted by atomic mass is 10.0. The highest BCUT2D eigenvalue weighted by atomic mass is 19.1. The molecular formula is C17H18FN3O3. The lowest BCUT2D eigenvalue weighted by molar-refractivity contribution is -0.141. The molecule has 1 aromatic heterocycles. The van der Waals surface area contributed by atoms with Gasteiger partial charge in [0.1, 0.15) is 5.82 Å². The zero-order valence-corrected chi connectivity index (χ0v) is 13.2. The SMILES string of the molecule is Cn1cc(CC2CC(=O)N(CC(O)c3ccccc3F)C2=O)cn1. The maximum absolute atomic E-state index is 13.7. The highest BCUT2D eigenvalue weighted by Crippen LogP contribution is 2.26. The molecule has 1 aliphatic heterocycles. The van der Waals surface area contributed by atoms with E-state index < -0.39 is 17.8 Å². The van der Waals surface area contributed by atoms with Gasteiger partial charge in [0, 0.05) is 25.2 Å². The standard InChI is InChI=1S/C17H18FN3O3/c1-20-9-11(8-19-20)6-12-7-16(23)21(17(12)24)10-15(22)13-4-2-3-5-14(13)18/h2-5,8-9,12,15,22H,6-7,10H2,1H3. The molecule has 3 rings (SSSR count). The number of amides is 2. The van der Waals surface area contributed by atoms with Gasteiger partial charge < -0.3 is 5.11 Å². The van der Waals surface area contributed by atoms with Crippen molar-refractivity contribution in [3.05, 3.63) is 53.6 Å². The Bertz CT molecular complexity index is 774. The Hall–Kier alpha value is -2.54. The van der Waals surface area contributed by atoms with E-state index in [0.29, 0.717) is 6.42 Å². The molecule has 24 heavy (non-hydrogen) atoms. The normalized spacial score (nSPS) is 19.1. The van der Waals surface area contributed by atoms with Crippen LogP contribution in [-0.4, -0.2) is 38.1 Å². The number of hydrogen-bond acceptors (Lipinski definition) is 4. The number of halogens is 1. The van der Waals surface area contributed by atoms with E-state index in [4.69, 9.17) is 0 Å². The van der Waals surface area contributed by atoms with E-state index in [9.17, 15) is 19.1 Å². The molecule has 1 fully saturated rings. The van der Waals surface area contributed by atoms with Crippen LogP contribution in [0.3, 0.4) is 0 Å². The zero-order chi connectivity index (χ0) is 17.3. The third-order valence-electron chi connectivity index (χ3n) is 4.20. The number of rotatable bonds is 5. The molecule has 0 spiro atoms. The summed E-state index contributed by atoms with van der Waals surface area (Å²) in [5.74, 6) is -1.70. The van der Waals surface area contributed by atoms with Crippen molar-refractivity contribution in [1.82, 2.24) is 14.7 Å². The van der Waals surface area contributed by atoms with Crippen LogP contribution < -0.4 is 0 Å². The lowest BCUT2D eigenvalue weighted by Crippen LogP contribution is -2.35. The Morgan fingerprint density at radius 1 is 1.38 bits per heavy atom. The Morgan fingerprint density at radius 2 is 2.12 bits per heavy atom. The first-order valence-electron chi connectivity index (χ1n) is 7.70. The summed E-state index contributed by atoms with van der Waals surface area (Å²) in [6.07, 6.45) is 2.74. The number of carbonyl (C=O) groups is 2. The molecule has 0 radical (unpaired) electrons. The minimum atomic E-state index is -1.24. The summed E-state index contributed by atoms with van der Waals surface area (Å²) in [5.41, 5.74) is 0.953. The average Bonchev–Trinajstić information content (AvgIpc) is 3.06. The quantitative estimate of drug-likeness (QED) is 0.836. The fourth-order valence-corrected chi connectivity index (χ4v) is 2.98. The molecule has 0 aliphatic carbocycles. The van der Waals surface area contributed by atoms with E-state index in [-0.39, 0.29) is 30.3 Å². The summed E-state index contributed by atoms with van der Waals surface area (Å²) in [4.78, 5) is 25.6. The van der Waals surface area contributed by atoms with E-state index in [2.05, 4.69) is 5.10 Å². The summed E-state index contributed by atoms with van der Waals surface area (Å²) >= 11 is 0. The van der Waals surface area contributed by atoms with E-state index in [0.717, 1.165) is 10.5 Å². The van der Waals surface area contributed by atoms with Crippen molar-refractivity contribution in [3.8, 4) is 0 Å². The number of hydrogen-bond donors (Lipinski definition) is 1. The van der Waals surface area contributed by atoms with Crippen LogP contribution in [0.5, 0.6) is 0 Å². The van der Waals surface area contributed by atoms with Crippen molar-refractivity contribution in [2.75, 3.05) is 6.54 Å². The summed E-state index contributed by atoms with van der Waals surface area (Å²) in [6.45, 7) is -0.234. The van der Waals surface area contributed by atoms with Gasteiger partial charge in [0.2, 0.25) is 11.8 Å². The predicted molar refractivity (Wildman–Crippen MR) is 83.1 cm³/mol. The zero-order valence-electron chi connectivity index (χ0n) is 13.2. The van der Waals surface area contributed by atoms with Crippen molar-refractivity contribution in [1.29, 1.82) is 0 Å². The van der Waals surface area contributed by atoms with Crippen molar-refractivity contribution in [2.24, 2.45) is 13.0 Å². The lowest BCUT2D eigenvalue weighted by Gasteiger charge is -2.19. The predicted octanol–water partition coefficient (Wildman–Crippen LogP) is 1.21. The van der Waals surface area contributed by atoms with Crippen LogP contribution in [0.2, 0.25) is 0 Å². The van der Waals surface area contributed by atoms with E-state index >= 15 is 0 Å². The molecule has 0 saturated carbocycles. The molecule has 2 amide bonds. The van der Waals surface area contributed by atoms with Crippen LogP contribution in [-0.2, 0) is 23.1 Å². The number of benzene rings is 1. The molecule has 6 nitrogen and oxygen atoms in total. The number of β-amino-alcohol motifs (C(OH)–C–C–N with tert-alkyl or cyclic N) is 1. The molecule has 7 heteroatoms. The number of aromatic nitrogens is 2. The van der Waals surface area contributed by atoms with Gasteiger partial charge in [0.15, 0.2) is 0 Å². The minimum absolute atomic E-state index is 0.0776. The van der Waals surface area contributed by atoms with Crippen molar-refractivity contribution in [3.63, 3.8) is 0 Å². The van der Waals surface area contributed by atoms with Crippen molar-refractivity contribution in [2.45, 2.75) is 18.9 Å². The van der Waals surface area contributed by atoms with Gasteiger partial charge in [-0.1, -0.05) is 18.2 Å². The largest absolute Gasteiger partial charge is 0.386 e. The first-order valence-corrected chi connectivity index (χ1v) is 7.70. The number of likely N-dealkylation sites (tertiary alicyclic amines) is 1. The Morgan fingerprint density at radius 3 is 2.79 bits per heavy atom. The van der Waals surface area contributed by atoms with Gasteiger partial charge >= 0.3 is 0 Å². The molecule has 1 aliphatic rings. The number of aliphatic hydroxyl groups is 1. The number of aliphatic hydroxyl groups excluding tert-OH is 1. The third kappa shape index (κ3) is 3.21. The van der Waals surface area contributed by atoms with Crippen LogP contribution in [0.4, 0.5) is 4.39 Å². The Labute approximate surface area is 138 Å².